The van der Waals surface area contributed by atoms with Gasteiger partial charge in [-0.15, -0.1) is 0 Å². The summed E-state index contributed by atoms with van der Waals surface area (Å²) in [6, 6.07) is 8.20. The molecular formula is C16H24N2O2. The van der Waals surface area contributed by atoms with Gasteiger partial charge in [0.1, 0.15) is 5.75 Å². The zero-order valence-corrected chi connectivity index (χ0v) is 12.3. The van der Waals surface area contributed by atoms with E-state index in [4.69, 9.17) is 4.74 Å². The number of ether oxygens (including phenoxy) is 1. The maximum atomic E-state index is 12.2. The van der Waals surface area contributed by atoms with Crippen LogP contribution in [-0.2, 0) is 4.79 Å². The molecule has 4 nitrogen and oxygen atoms in total. The van der Waals surface area contributed by atoms with Gasteiger partial charge in [-0.2, -0.15) is 0 Å². The summed E-state index contributed by atoms with van der Waals surface area (Å²) in [4.78, 5) is 12.2. The minimum Gasteiger partial charge on any atom is -0.480 e. The van der Waals surface area contributed by atoms with Gasteiger partial charge >= 0.3 is 0 Å². The topological polar surface area (TPSA) is 50.4 Å². The molecule has 2 atom stereocenters. The largest absolute Gasteiger partial charge is 0.480 e. The molecule has 2 N–H and O–H groups in total. The van der Waals surface area contributed by atoms with Crippen molar-refractivity contribution in [2.75, 3.05) is 13.1 Å². The number of amides is 1. The molecule has 1 amide bonds. The monoisotopic (exact) mass is 276 g/mol. The number of hydrogen-bond donors (Lipinski definition) is 2. The van der Waals surface area contributed by atoms with Crippen LogP contribution >= 0.6 is 0 Å². The van der Waals surface area contributed by atoms with E-state index < -0.39 is 6.10 Å². The number of para-hydroxylation sites is 1. The van der Waals surface area contributed by atoms with Gasteiger partial charge in [-0.3, -0.25) is 4.79 Å². The Bertz CT molecular complexity index is 442. The smallest absolute Gasteiger partial charge is 0.261 e. The molecular weight excluding hydrogens is 252 g/mol. The molecule has 1 aliphatic heterocycles. The molecule has 20 heavy (non-hydrogen) atoms. The molecule has 1 heterocycles. The quantitative estimate of drug-likeness (QED) is 0.836. The number of rotatable bonds is 6. The van der Waals surface area contributed by atoms with E-state index in [-0.39, 0.29) is 5.91 Å². The molecule has 1 aromatic rings. The van der Waals surface area contributed by atoms with Gasteiger partial charge in [0.2, 0.25) is 0 Å². The van der Waals surface area contributed by atoms with Gasteiger partial charge in [0, 0.05) is 12.6 Å². The number of carbonyl (C=O) groups excluding carboxylic acids is 1. The van der Waals surface area contributed by atoms with Crippen molar-refractivity contribution in [3.63, 3.8) is 0 Å². The third kappa shape index (κ3) is 3.97. The summed E-state index contributed by atoms with van der Waals surface area (Å²) in [5.74, 6) is 0.762. The number of benzene rings is 1. The molecule has 2 unspecified atom stereocenters. The summed E-state index contributed by atoms with van der Waals surface area (Å²) in [5.41, 5.74) is 1.05. The number of nitrogens with one attached hydrogen (secondary N) is 2. The van der Waals surface area contributed by atoms with Crippen molar-refractivity contribution < 1.29 is 9.53 Å². The Hall–Kier alpha value is -1.55. The second kappa shape index (κ2) is 7.29. The van der Waals surface area contributed by atoms with Gasteiger partial charge in [-0.25, -0.2) is 0 Å². The van der Waals surface area contributed by atoms with Gasteiger partial charge in [0.15, 0.2) is 6.10 Å². The lowest BCUT2D eigenvalue weighted by Crippen LogP contribution is -2.43. The summed E-state index contributed by atoms with van der Waals surface area (Å²) in [6.07, 6.45) is 2.57. The van der Waals surface area contributed by atoms with Crippen LogP contribution in [0.15, 0.2) is 24.3 Å². The Labute approximate surface area is 120 Å². The van der Waals surface area contributed by atoms with Crippen molar-refractivity contribution in [3.8, 4) is 5.75 Å². The van der Waals surface area contributed by atoms with E-state index in [1.54, 1.807) is 0 Å². The van der Waals surface area contributed by atoms with Crippen molar-refractivity contribution in [2.45, 2.75) is 45.3 Å². The molecule has 0 aromatic heterocycles. The van der Waals surface area contributed by atoms with E-state index in [0.29, 0.717) is 19.0 Å². The Morgan fingerprint density at radius 3 is 2.95 bits per heavy atom. The van der Waals surface area contributed by atoms with E-state index in [1.807, 2.05) is 38.1 Å². The number of aryl methyl sites for hydroxylation is 1. The van der Waals surface area contributed by atoms with E-state index in [0.717, 1.165) is 24.3 Å². The molecule has 1 aromatic carbocycles. The second-order valence-electron chi connectivity index (χ2n) is 5.32. The lowest BCUT2D eigenvalue weighted by molar-refractivity contribution is -0.128. The van der Waals surface area contributed by atoms with Crippen molar-refractivity contribution in [1.29, 1.82) is 0 Å². The molecule has 1 fully saturated rings. The van der Waals surface area contributed by atoms with Crippen LogP contribution in [0.2, 0.25) is 0 Å². The Morgan fingerprint density at radius 1 is 1.50 bits per heavy atom. The van der Waals surface area contributed by atoms with E-state index in [1.165, 1.54) is 6.42 Å². The maximum absolute atomic E-state index is 12.2. The molecule has 0 saturated carbocycles. The van der Waals surface area contributed by atoms with Crippen LogP contribution in [0, 0.1) is 6.92 Å². The first-order valence-corrected chi connectivity index (χ1v) is 7.44. The molecule has 0 bridgehead atoms. The van der Waals surface area contributed by atoms with E-state index in [2.05, 4.69) is 10.6 Å². The van der Waals surface area contributed by atoms with Gasteiger partial charge in [0.05, 0.1) is 0 Å². The molecule has 0 radical (unpaired) electrons. The fourth-order valence-corrected chi connectivity index (χ4v) is 2.43. The highest BCUT2D eigenvalue weighted by Crippen LogP contribution is 2.18. The van der Waals surface area contributed by atoms with Crippen LogP contribution < -0.4 is 15.4 Å². The van der Waals surface area contributed by atoms with Crippen molar-refractivity contribution in [2.24, 2.45) is 0 Å². The summed E-state index contributed by atoms with van der Waals surface area (Å²) < 4.78 is 5.84. The average Bonchev–Trinajstić information content (AvgIpc) is 2.97. The summed E-state index contributed by atoms with van der Waals surface area (Å²) in [7, 11) is 0. The molecule has 1 aliphatic rings. The minimum absolute atomic E-state index is 0.0237. The van der Waals surface area contributed by atoms with Gasteiger partial charge in [0.25, 0.3) is 5.91 Å². The first-order chi connectivity index (χ1) is 9.70. The third-order valence-electron chi connectivity index (χ3n) is 3.71. The van der Waals surface area contributed by atoms with Crippen LogP contribution in [0.5, 0.6) is 5.75 Å². The zero-order valence-electron chi connectivity index (χ0n) is 12.3. The second-order valence-corrected chi connectivity index (χ2v) is 5.32. The summed E-state index contributed by atoms with van der Waals surface area (Å²) in [5, 5.41) is 6.36. The highest BCUT2D eigenvalue weighted by molar-refractivity contribution is 5.81. The number of carbonyl (C=O) groups is 1. The average molecular weight is 276 g/mol. The highest BCUT2D eigenvalue weighted by atomic mass is 16.5. The predicted octanol–water partition coefficient (Wildman–Crippen LogP) is 2.02. The van der Waals surface area contributed by atoms with Crippen LogP contribution in [0.25, 0.3) is 0 Å². The summed E-state index contributed by atoms with van der Waals surface area (Å²) in [6.45, 7) is 5.70. The van der Waals surface area contributed by atoms with E-state index in [9.17, 15) is 4.79 Å². The fraction of sp³-hybridized carbons (Fsp3) is 0.562. The molecule has 0 spiro atoms. The van der Waals surface area contributed by atoms with Gasteiger partial charge < -0.3 is 15.4 Å². The normalized spacial score (nSPS) is 19.6. The highest BCUT2D eigenvalue weighted by Gasteiger charge is 2.21. The number of hydrogen-bond acceptors (Lipinski definition) is 3. The predicted molar refractivity (Wildman–Crippen MR) is 79.9 cm³/mol. The van der Waals surface area contributed by atoms with Crippen molar-refractivity contribution in [1.82, 2.24) is 10.6 Å². The first-order valence-electron chi connectivity index (χ1n) is 7.44. The fourth-order valence-electron chi connectivity index (χ4n) is 2.43. The summed E-state index contributed by atoms with van der Waals surface area (Å²) >= 11 is 0. The molecule has 110 valence electrons. The Morgan fingerprint density at radius 2 is 2.30 bits per heavy atom. The first kappa shape index (κ1) is 14.9. The molecule has 2 rings (SSSR count). The Balaban J connectivity index is 1.87. The Kier molecular flexibility index (Phi) is 5.41. The van der Waals surface area contributed by atoms with Crippen LogP contribution in [-0.4, -0.2) is 31.1 Å². The van der Waals surface area contributed by atoms with Crippen LogP contribution in [0.1, 0.15) is 31.7 Å². The zero-order chi connectivity index (χ0) is 14.4. The SMILES string of the molecule is CCC(Oc1ccccc1C)C(=O)NCC1CCCN1. The lowest BCUT2D eigenvalue weighted by Gasteiger charge is -2.19. The van der Waals surface area contributed by atoms with Crippen LogP contribution in [0.4, 0.5) is 0 Å². The lowest BCUT2D eigenvalue weighted by atomic mass is 10.2. The van der Waals surface area contributed by atoms with Gasteiger partial charge in [-0.05, 0) is 44.4 Å². The third-order valence-corrected chi connectivity index (χ3v) is 3.71. The molecule has 0 aliphatic carbocycles. The van der Waals surface area contributed by atoms with E-state index >= 15 is 0 Å². The standard InChI is InChI=1S/C16H24N2O2/c1-3-14(20-15-9-5-4-7-12(15)2)16(19)18-11-13-8-6-10-17-13/h4-5,7,9,13-14,17H,3,6,8,10-11H2,1-2H3,(H,18,19). The molecule has 4 heteroatoms. The maximum Gasteiger partial charge on any atom is 0.261 e. The van der Waals surface area contributed by atoms with Gasteiger partial charge in [-0.1, -0.05) is 25.1 Å². The molecule has 1 saturated heterocycles. The van der Waals surface area contributed by atoms with Crippen molar-refractivity contribution >= 4 is 5.91 Å². The van der Waals surface area contributed by atoms with Crippen LogP contribution in [0.3, 0.4) is 0 Å². The van der Waals surface area contributed by atoms with Crippen molar-refractivity contribution in [3.05, 3.63) is 29.8 Å². The minimum atomic E-state index is -0.419.